The minimum absolute atomic E-state index is 0.695. The summed E-state index contributed by atoms with van der Waals surface area (Å²) < 4.78 is 4.97. The second kappa shape index (κ2) is 7.04. The van der Waals surface area contributed by atoms with Crippen LogP contribution in [-0.2, 0) is 4.74 Å². The van der Waals surface area contributed by atoms with E-state index in [-0.39, 0.29) is 0 Å². The summed E-state index contributed by atoms with van der Waals surface area (Å²) >= 11 is 5.30. The quantitative estimate of drug-likeness (QED) is 0.559. The van der Waals surface area contributed by atoms with Gasteiger partial charge < -0.3 is 19.9 Å². The predicted molar refractivity (Wildman–Crippen MR) is 70.7 cm³/mol. The smallest absolute Gasteiger partial charge is 0.168 e. The van der Waals surface area contributed by atoms with Crippen LogP contribution in [0.1, 0.15) is 6.42 Å². The molecule has 0 aromatic heterocycles. The van der Waals surface area contributed by atoms with Crippen LogP contribution < -0.4 is 5.32 Å². The van der Waals surface area contributed by atoms with E-state index >= 15 is 0 Å². The zero-order valence-electron chi connectivity index (χ0n) is 10.5. The van der Waals surface area contributed by atoms with Crippen molar-refractivity contribution in [2.24, 2.45) is 5.92 Å². The average Bonchev–Trinajstić information content (AvgIpc) is 2.64. The van der Waals surface area contributed by atoms with E-state index in [0.29, 0.717) is 6.61 Å². The normalized spacial score (nSPS) is 21.1. The maximum Gasteiger partial charge on any atom is 0.168 e. The van der Waals surface area contributed by atoms with Crippen LogP contribution in [0.5, 0.6) is 0 Å². The van der Waals surface area contributed by atoms with Crippen LogP contribution in [0.4, 0.5) is 0 Å². The molecule has 1 unspecified atom stereocenters. The van der Waals surface area contributed by atoms with Gasteiger partial charge in [-0.05, 0) is 38.1 Å². The van der Waals surface area contributed by atoms with Crippen LogP contribution in [0.25, 0.3) is 0 Å². The first-order valence-corrected chi connectivity index (χ1v) is 6.20. The molecule has 1 aliphatic rings. The number of thiocarbonyl (C=S) groups is 1. The minimum atomic E-state index is 0.695. The van der Waals surface area contributed by atoms with Crippen molar-refractivity contribution in [2.45, 2.75) is 6.42 Å². The lowest BCUT2D eigenvalue weighted by Gasteiger charge is -2.24. The molecule has 1 fully saturated rings. The molecule has 0 bridgehead atoms. The number of ether oxygens (including phenoxy) is 1. The van der Waals surface area contributed by atoms with Crippen molar-refractivity contribution in [1.29, 1.82) is 0 Å². The molecule has 94 valence electrons. The maximum absolute atomic E-state index is 5.30. The topological polar surface area (TPSA) is 27.7 Å². The first-order chi connectivity index (χ1) is 7.63. The summed E-state index contributed by atoms with van der Waals surface area (Å²) in [5.74, 6) is 0.747. The molecule has 16 heavy (non-hydrogen) atoms. The van der Waals surface area contributed by atoms with Gasteiger partial charge in [0.15, 0.2) is 5.11 Å². The molecule has 1 atom stereocenters. The molecule has 0 amide bonds. The first kappa shape index (κ1) is 13.7. The van der Waals surface area contributed by atoms with Crippen LogP contribution in [0.15, 0.2) is 0 Å². The fraction of sp³-hybridized carbons (Fsp3) is 0.909. The molecule has 0 aromatic rings. The van der Waals surface area contributed by atoms with Crippen molar-refractivity contribution in [3.05, 3.63) is 0 Å². The van der Waals surface area contributed by atoms with Crippen LogP contribution in [0.3, 0.4) is 0 Å². The number of nitrogens with one attached hydrogen (secondary N) is 1. The average molecular weight is 245 g/mol. The fourth-order valence-electron chi connectivity index (χ4n) is 2.04. The third kappa shape index (κ3) is 4.63. The van der Waals surface area contributed by atoms with Crippen molar-refractivity contribution in [3.63, 3.8) is 0 Å². The number of likely N-dealkylation sites (tertiary alicyclic amines) is 1. The molecule has 0 saturated carbocycles. The summed E-state index contributed by atoms with van der Waals surface area (Å²) in [4.78, 5) is 4.51. The lowest BCUT2D eigenvalue weighted by atomic mass is 10.1. The summed E-state index contributed by atoms with van der Waals surface area (Å²) in [5, 5.41) is 4.01. The summed E-state index contributed by atoms with van der Waals surface area (Å²) in [6, 6.07) is 0. The second-order valence-corrected chi connectivity index (χ2v) is 4.91. The number of hydrogen-bond donors (Lipinski definition) is 1. The summed E-state index contributed by atoms with van der Waals surface area (Å²) in [6.07, 6.45) is 1.28. The van der Waals surface area contributed by atoms with Gasteiger partial charge in [0.05, 0.1) is 6.61 Å². The third-order valence-electron chi connectivity index (χ3n) is 2.95. The highest BCUT2D eigenvalue weighted by molar-refractivity contribution is 7.80. The molecule has 4 nitrogen and oxygen atoms in total. The van der Waals surface area contributed by atoms with Gasteiger partial charge in [-0.25, -0.2) is 0 Å². The van der Waals surface area contributed by atoms with E-state index in [0.717, 1.165) is 24.1 Å². The maximum atomic E-state index is 5.30. The van der Waals surface area contributed by atoms with Crippen molar-refractivity contribution >= 4 is 17.3 Å². The van der Waals surface area contributed by atoms with Crippen LogP contribution in [-0.4, -0.2) is 68.9 Å². The second-order valence-electron chi connectivity index (χ2n) is 4.52. The van der Waals surface area contributed by atoms with Gasteiger partial charge in [0.2, 0.25) is 0 Å². The lowest BCUT2D eigenvalue weighted by Crippen LogP contribution is -2.41. The van der Waals surface area contributed by atoms with E-state index in [1.165, 1.54) is 19.5 Å². The van der Waals surface area contributed by atoms with E-state index in [1.807, 2.05) is 0 Å². The van der Waals surface area contributed by atoms with Gasteiger partial charge in [0, 0.05) is 33.8 Å². The Kier molecular flexibility index (Phi) is 6.01. The molecule has 0 aromatic carbocycles. The van der Waals surface area contributed by atoms with Gasteiger partial charge in [-0.3, -0.25) is 0 Å². The largest absolute Gasteiger partial charge is 0.383 e. The molecule has 0 spiro atoms. The van der Waals surface area contributed by atoms with E-state index in [9.17, 15) is 0 Å². The molecule has 1 rings (SSSR count). The van der Waals surface area contributed by atoms with Crippen molar-refractivity contribution in [3.8, 4) is 0 Å². The zero-order chi connectivity index (χ0) is 12.0. The van der Waals surface area contributed by atoms with Gasteiger partial charge in [-0.15, -0.1) is 0 Å². The molecule has 1 heterocycles. The Morgan fingerprint density at radius 3 is 2.94 bits per heavy atom. The fourth-order valence-corrected chi connectivity index (χ4v) is 2.22. The number of nitrogens with zero attached hydrogens (tertiary/aromatic N) is 2. The van der Waals surface area contributed by atoms with Gasteiger partial charge in [-0.2, -0.15) is 0 Å². The van der Waals surface area contributed by atoms with Gasteiger partial charge in [0.25, 0.3) is 0 Å². The van der Waals surface area contributed by atoms with Gasteiger partial charge in [-0.1, -0.05) is 0 Å². The molecule has 1 N–H and O–H groups in total. The molecule has 0 radical (unpaired) electrons. The summed E-state index contributed by atoms with van der Waals surface area (Å²) in [7, 11) is 5.93. The highest BCUT2D eigenvalue weighted by Gasteiger charge is 2.21. The van der Waals surface area contributed by atoms with E-state index in [4.69, 9.17) is 17.0 Å². The first-order valence-electron chi connectivity index (χ1n) is 5.80. The highest BCUT2D eigenvalue weighted by Crippen LogP contribution is 2.14. The SMILES string of the molecule is COCCNC(=S)N(C)CC1CCN(C)C1. The molecule has 5 heteroatoms. The Morgan fingerprint density at radius 1 is 1.62 bits per heavy atom. The molecular weight excluding hydrogens is 222 g/mol. The zero-order valence-corrected chi connectivity index (χ0v) is 11.3. The van der Waals surface area contributed by atoms with Gasteiger partial charge in [0.1, 0.15) is 0 Å². The molecular formula is C11H23N3OS. The monoisotopic (exact) mass is 245 g/mol. The van der Waals surface area contributed by atoms with E-state index in [2.05, 4.69) is 29.2 Å². The Balaban J connectivity index is 2.18. The standard InChI is InChI=1S/C11H23N3OS/c1-13-6-4-10(8-13)9-14(2)11(16)12-5-7-15-3/h10H,4-9H2,1-3H3,(H,12,16). The molecule has 1 aliphatic heterocycles. The molecule has 0 aliphatic carbocycles. The number of hydrogen-bond acceptors (Lipinski definition) is 3. The summed E-state index contributed by atoms with van der Waals surface area (Å²) in [6.45, 7) is 4.92. The van der Waals surface area contributed by atoms with Crippen LogP contribution in [0.2, 0.25) is 0 Å². The lowest BCUT2D eigenvalue weighted by molar-refractivity contribution is 0.203. The predicted octanol–water partition coefficient (Wildman–Crippen LogP) is 0.391. The van der Waals surface area contributed by atoms with Crippen molar-refractivity contribution in [2.75, 3.05) is 54.0 Å². The molecule has 1 saturated heterocycles. The van der Waals surface area contributed by atoms with Crippen molar-refractivity contribution in [1.82, 2.24) is 15.1 Å². The summed E-state index contributed by atoms with van der Waals surface area (Å²) in [5.41, 5.74) is 0. The Hall–Kier alpha value is -0.390. The Morgan fingerprint density at radius 2 is 2.38 bits per heavy atom. The number of methoxy groups -OCH3 is 1. The van der Waals surface area contributed by atoms with Crippen LogP contribution in [0, 0.1) is 5.92 Å². The van der Waals surface area contributed by atoms with Crippen molar-refractivity contribution < 1.29 is 4.74 Å². The highest BCUT2D eigenvalue weighted by atomic mass is 32.1. The Labute approximate surface area is 104 Å². The van der Waals surface area contributed by atoms with Gasteiger partial charge >= 0.3 is 0 Å². The Bertz CT molecular complexity index is 225. The minimum Gasteiger partial charge on any atom is -0.383 e. The van der Waals surface area contributed by atoms with E-state index in [1.54, 1.807) is 7.11 Å². The third-order valence-corrected chi connectivity index (χ3v) is 3.41. The van der Waals surface area contributed by atoms with E-state index < -0.39 is 0 Å². The number of rotatable bonds is 5. The van der Waals surface area contributed by atoms with Crippen LogP contribution >= 0.6 is 12.2 Å².